The maximum absolute atomic E-state index is 12.7. The zero-order valence-electron chi connectivity index (χ0n) is 18.0. The Morgan fingerprint density at radius 2 is 1.68 bits per heavy atom. The number of nitro groups is 1. The molecule has 170 valence electrons. The van der Waals surface area contributed by atoms with Gasteiger partial charge in [0.25, 0.3) is 17.5 Å². The van der Waals surface area contributed by atoms with Crippen LogP contribution in [0.1, 0.15) is 20.7 Å². The molecular formula is C24H18N4O5S. The third kappa shape index (κ3) is 3.57. The lowest BCUT2D eigenvalue weighted by Gasteiger charge is -2.15. The van der Waals surface area contributed by atoms with E-state index in [4.69, 9.17) is 4.74 Å². The summed E-state index contributed by atoms with van der Waals surface area (Å²) in [5.41, 5.74) is 2.63. The number of rotatable bonds is 7. The number of fused-ring (bicyclic) bond motifs is 2. The van der Waals surface area contributed by atoms with Gasteiger partial charge in [-0.3, -0.25) is 29.2 Å². The predicted octanol–water partition coefficient (Wildman–Crippen LogP) is 4.33. The Labute approximate surface area is 198 Å². The normalized spacial score (nSPS) is 12.9. The van der Waals surface area contributed by atoms with Gasteiger partial charge in [-0.1, -0.05) is 36.0 Å². The van der Waals surface area contributed by atoms with Crippen LogP contribution in [0, 0.1) is 10.1 Å². The number of imidazole rings is 1. The number of thioether (sulfide) groups is 1. The van der Waals surface area contributed by atoms with Crippen molar-refractivity contribution in [3.05, 3.63) is 88.0 Å². The first-order valence-corrected chi connectivity index (χ1v) is 11.4. The van der Waals surface area contributed by atoms with Gasteiger partial charge in [0, 0.05) is 24.4 Å². The van der Waals surface area contributed by atoms with Crippen molar-refractivity contribution in [1.29, 1.82) is 0 Å². The highest BCUT2D eigenvalue weighted by Gasteiger charge is 2.34. The highest BCUT2D eigenvalue weighted by atomic mass is 32.2. The molecule has 5 rings (SSSR count). The number of ether oxygens (including phenoxy) is 1. The molecule has 0 aliphatic carbocycles. The van der Waals surface area contributed by atoms with Crippen LogP contribution in [0.4, 0.5) is 5.69 Å². The second kappa shape index (κ2) is 8.64. The second-order valence-electron chi connectivity index (χ2n) is 7.49. The maximum atomic E-state index is 12.7. The first-order chi connectivity index (χ1) is 16.5. The molecule has 0 bridgehead atoms. The molecule has 1 aliphatic rings. The summed E-state index contributed by atoms with van der Waals surface area (Å²) in [5, 5.41) is 11.8. The number of para-hydroxylation sites is 2. The molecule has 34 heavy (non-hydrogen) atoms. The summed E-state index contributed by atoms with van der Waals surface area (Å²) in [4.78, 5) is 42.0. The Hall–Kier alpha value is -4.18. The Morgan fingerprint density at radius 1 is 1.00 bits per heavy atom. The Kier molecular flexibility index (Phi) is 5.50. The van der Waals surface area contributed by atoms with E-state index in [0.29, 0.717) is 38.8 Å². The van der Waals surface area contributed by atoms with Crippen LogP contribution >= 0.6 is 11.8 Å². The molecule has 9 nitrogen and oxygen atoms in total. The van der Waals surface area contributed by atoms with Gasteiger partial charge in [0.05, 0.1) is 39.9 Å². The number of methoxy groups -OCH3 is 1. The molecule has 2 amide bonds. The summed E-state index contributed by atoms with van der Waals surface area (Å²) in [6, 6.07) is 18.7. The van der Waals surface area contributed by atoms with E-state index in [-0.39, 0.29) is 24.0 Å². The number of carbonyl (C=O) groups is 2. The Morgan fingerprint density at radius 3 is 2.35 bits per heavy atom. The lowest BCUT2D eigenvalue weighted by Crippen LogP contribution is -2.31. The maximum Gasteiger partial charge on any atom is 0.271 e. The average molecular weight is 474 g/mol. The first kappa shape index (κ1) is 21.7. The van der Waals surface area contributed by atoms with Gasteiger partial charge in [0.1, 0.15) is 5.75 Å². The number of nitrogens with zero attached hydrogens (tertiary/aromatic N) is 4. The van der Waals surface area contributed by atoms with Crippen molar-refractivity contribution in [1.82, 2.24) is 14.5 Å². The van der Waals surface area contributed by atoms with E-state index in [1.165, 1.54) is 28.8 Å². The molecule has 4 aromatic rings. The molecule has 0 atom stereocenters. The molecule has 0 saturated carbocycles. The average Bonchev–Trinajstić information content (AvgIpc) is 3.33. The summed E-state index contributed by atoms with van der Waals surface area (Å²) in [7, 11) is 1.57. The summed E-state index contributed by atoms with van der Waals surface area (Å²) < 4.78 is 7.39. The summed E-state index contributed by atoms with van der Waals surface area (Å²) in [6.45, 7) is 0.201. The van der Waals surface area contributed by atoms with Crippen LogP contribution in [-0.4, -0.2) is 50.6 Å². The quantitative estimate of drug-likeness (QED) is 0.170. The van der Waals surface area contributed by atoms with Crippen molar-refractivity contribution in [2.24, 2.45) is 0 Å². The van der Waals surface area contributed by atoms with Crippen LogP contribution in [0.5, 0.6) is 5.75 Å². The molecule has 0 unspecified atom stereocenters. The zero-order chi connectivity index (χ0) is 23.8. The van der Waals surface area contributed by atoms with Crippen molar-refractivity contribution >= 4 is 40.3 Å². The Balaban J connectivity index is 1.47. The topological polar surface area (TPSA) is 108 Å². The van der Waals surface area contributed by atoms with Crippen LogP contribution in [-0.2, 0) is 0 Å². The van der Waals surface area contributed by atoms with E-state index >= 15 is 0 Å². The monoisotopic (exact) mass is 474 g/mol. The number of hydrogen-bond acceptors (Lipinski definition) is 7. The number of hydrogen-bond donors (Lipinski definition) is 0. The van der Waals surface area contributed by atoms with Gasteiger partial charge in [-0.2, -0.15) is 0 Å². The summed E-state index contributed by atoms with van der Waals surface area (Å²) in [6.07, 6.45) is 0. The van der Waals surface area contributed by atoms with E-state index < -0.39 is 4.92 Å². The second-order valence-corrected chi connectivity index (χ2v) is 8.55. The number of benzene rings is 3. The van der Waals surface area contributed by atoms with Gasteiger partial charge < -0.3 is 4.74 Å². The number of aromatic nitrogens is 2. The third-order valence-corrected chi connectivity index (χ3v) is 6.49. The van der Waals surface area contributed by atoms with Crippen molar-refractivity contribution in [3.8, 4) is 11.4 Å². The van der Waals surface area contributed by atoms with Gasteiger partial charge in [-0.05, 0) is 30.3 Å². The number of imide groups is 1. The fourth-order valence-corrected chi connectivity index (χ4v) is 4.92. The molecule has 10 heteroatoms. The molecule has 2 heterocycles. The molecule has 0 fully saturated rings. The lowest BCUT2D eigenvalue weighted by atomic mass is 10.1. The van der Waals surface area contributed by atoms with Crippen LogP contribution in [0.3, 0.4) is 0 Å². The molecule has 0 N–H and O–H groups in total. The van der Waals surface area contributed by atoms with Crippen molar-refractivity contribution in [2.45, 2.75) is 5.16 Å². The van der Waals surface area contributed by atoms with Gasteiger partial charge in [-0.15, -0.1) is 0 Å². The van der Waals surface area contributed by atoms with Crippen molar-refractivity contribution in [2.75, 3.05) is 19.4 Å². The highest BCUT2D eigenvalue weighted by Crippen LogP contribution is 2.34. The minimum Gasteiger partial charge on any atom is -0.495 e. The Bertz CT molecular complexity index is 1430. The van der Waals surface area contributed by atoms with E-state index in [0.717, 1.165) is 5.69 Å². The van der Waals surface area contributed by atoms with E-state index in [9.17, 15) is 19.7 Å². The molecule has 1 aliphatic heterocycles. The zero-order valence-corrected chi connectivity index (χ0v) is 18.8. The number of carbonyl (C=O) groups excluding carboxylic acids is 2. The van der Waals surface area contributed by atoms with E-state index in [1.807, 2.05) is 28.8 Å². The van der Waals surface area contributed by atoms with Crippen LogP contribution in [0.2, 0.25) is 0 Å². The fraction of sp³-hybridized carbons (Fsp3) is 0.125. The molecule has 0 saturated heterocycles. The lowest BCUT2D eigenvalue weighted by molar-refractivity contribution is -0.384. The van der Waals surface area contributed by atoms with Gasteiger partial charge in [-0.25, -0.2) is 4.98 Å². The van der Waals surface area contributed by atoms with Crippen molar-refractivity contribution in [3.63, 3.8) is 0 Å². The fourth-order valence-electron chi connectivity index (χ4n) is 3.97. The highest BCUT2D eigenvalue weighted by molar-refractivity contribution is 7.99. The number of nitro benzene ring substituents is 1. The predicted molar refractivity (Wildman–Crippen MR) is 127 cm³/mol. The largest absolute Gasteiger partial charge is 0.495 e. The number of amides is 2. The van der Waals surface area contributed by atoms with Crippen molar-refractivity contribution < 1.29 is 19.2 Å². The third-order valence-electron chi connectivity index (χ3n) is 5.57. The standard InChI is InChI=1S/C24H18N4O5S/c1-33-21-9-5-4-8-20(21)27-19-11-10-15(28(31)32)14-18(19)25-24(27)34-13-12-26-22(29)16-6-2-3-7-17(16)23(26)30/h2-11,14H,12-13H2,1H3. The van der Waals surface area contributed by atoms with Crippen LogP contribution in [0.25, 0.3) is 16.7 Å². The SMILES string of the molecule is COc1ccccc1-n1c(SCCN2C(=O)c3ccccc3C2=O)nc2cc([N+](=O)[O-])ccc21. The smallest absolute Gasteiger partial charge is 0.271 e. The van der Waals surface area contributed by atoms with Gasteiger partial charge >= 0.3 is 0 Å². The summed E-state index contributed by atoms with van der Waals surface area (Å²) in [5.74, 6) is 0.388. The molecular weight excluding hydrogens is 456 g/mol. The summed E-state index contributed by atoms with van der Waals surface area (Å²) >= 11 is 1.35. The number of non-ortho nitro benzene ring substituents is 1. The molecule has 0 radical (unpaired) electrons. The van der Waals surface area contributed by atoms with E-state index in [2.05, 4.69) is 4.98 Å². The van der Waals surface area contributed by atoms with Gasteiger partial charge in [0.15, 0.2) is 5.16 Å². The molecule has 1 aromatic heterocycles. The van der Waals surface area contributed by atoms with Crippen LogP contribution in [0.15, 0.2) is 71.9 Å². The minimum absolute atomic E-state index is 0.0558. The first-order valence-electron chi connectivity index (χ1n) is 10.4. The molecule has 3 aromatic carbocycles. The van der Waals surface area contributed by atoms with Gasteiger partial charge in [0.2, 0.25) is 0 Å². The van der Waals surface area contributed by atoms with E-state index in [1.54, 1.807) is 37.4 Å². The van der Waals surface area contributed by atoms with Crippen LogP contribution < -0.4 is 4.74 Å². The minimum atomic E-state index is -0.462. The molecule has 0 spiro atoms.